The van der Waals surface area contributed by atoms with E-state index in [4.69, 9.17) is 5.73 Å². The van der Waals surface area contributed by atoms with Crippen molar-refractivity contribution in [3.05, 3.63) is 60.8 Å². The van der Waals surface area contributed by atoms with Crippen LogP contribution in [0, 0.1) is 0 Å². The van der Waals surface area contributed by atoms with Crippen LogP contribution in [0.5, 0.6) is 0 Å². The van der Waals surface area contributed by atoms with E-state index < -0.39 is 0 Å². The molecular formula is C14H12N2S. The second-order valence-corrected chi connectivity index (χ2v) is 4.87. The Balaban J connectivity index is 2.05. The third-order valence-electron chi connectivity index (χ3n) is 2.68. The molecule has 2 nitrogen and oxygen atoms in total. The molecule has 3 rings (SSSR count). The molecule has 2 aromatic carbocycles. The maximum absolute atomic E-state index is 5.94. The Morgan fingerprint density at radius 2 is 1.71 bits per heavy atom. The highest BCUT2D eigenvalue weighted by atomic mass is 32.2. The van der Waals surface area contributed by atoms with Gasteiger partial charge in [-0.2, -0.15) is 0 Å². The second kappa shape index (κ2) is 4.18. The average Bonchev–Trinajstić information content (AvgIpc) is 2.76. The third-order valence-corrected chi connectivity index (χ3v) is 3.68. The van der Waals surface area contributed by atoms with E-state index in [1.807, 2.05) is 30.3 Å². The Labute approximate surface area is 104 Å². The van der Waals surface area contributed by atoms with Crippen molar-refractivity contribution >= 4 is 28.5 Å². The predicted octanol–water partition coefficient (Wildman–Crippen LogP) is 3.78. The zero-order valence-corrected chi connectivity index (χ0v) is 10.0. The molecule has 84 valence electrons. The van der Waals surface area contributed by atoms with E-state index in [9.17, 15) is 0 Å². The minimum Gasteiger partial charge on any atom is -0.398 e. The fourth-order valence-electron chi connectivity index (χ4n) is 1.84. The monoisotopic (exact) mass is 240 g/mol. The van der Waals surface area contributed by atoms with Crippen LogP contribution in [0.25, 0.3) is 10.9 Å². The van der Waals surface area contributed by atoms with Crippen LogP contribution in [-0.2, 0) is 0 Å². The lowest BCUT2D eigenvalue weighted by Crippen LogP contribution is -1.87. The molecule has 0 saturated heterocycles. The van der Waals surface area contributed by atoms with Crippen molar-refractivity contribution in [1.82, 2.24) is 3.97 Å². The van der Waals surface area contributed by atoms with Gasteiger partial charge in [0.15, 0.2) is 0 Å². The SMILES string of the molecule is Nc1cccc2c1ccn2Sc1ccccc1. The number of nitrogen functional groups attached to an aromatic ring is 1. The molecule has 3 heteroatoms. The number of nitrogens with zero attached hydrogens (tertiary/aromatic N) is 1. The molecule has 0 bridgehead atoms. The van der Waals surface area contributed by atoms with Gasteiger partial charge in [0.2, 0.25) is 0 Å². The van der Waals surface area contributed by atoms with Crippen molar-refractivity contribution in [2.24, 2.45) is 0 Å². The van der Waals surface area contributed by atoms with E-state index in [1.54, 1.807) is 11.9 Å². The van der Waals surface area contributed by atoms with Crippen molar-refractivity contribution in [3.8, 4) is 0 Å². The molecule has 1 heterocycles. The molecule has 2 N–H and O–H groups in total. The summed E-state index contributed by atoms with van der Waals surface area (Å²) in [5.41, 5.74) is 7.92. The summed E-state index contributed by atoms with van der Waals surface area (Å²) in [6, 6.07) is 18.4. The molecule has 3 aromatic rings. The topological polar surface area (TPSA) is 30.9 Å². The van der Waals surface area contributed by atoms with Gasteiger partial charge >= 0.3 is 0 Å². The quantitative estimate of drug-likeness (QED) is 0.691. The fraction of sp³-hybridized carbons (Fsp3) is 0. The first-order chi connectivity index (χ1) is 8.34. The molecule has 0 fully saturated rings. The zero-order chi connectivity index (χ0) is 11.7. The summed E-state index contributed by atoms with van der Waals surface area (Å²) in [4.78, 5) is 1.22. The number of benzene rings is 2. The van der Waals surface area contributed by atoms with Gasteiger partial charge in [0.1, 0.15) is 0 Å². The first-order valence-electron chi connectivity index (χ1n) is 5.43. The highest BCUT2D eigenvalue weighted by molar-refractivity contribution is 7.98. The normalized spacial score (nSPS) is 10.8. The molecular weight excluding hydrogens is 228 g/mol. The third kappa shape index (κ3) is 1.89. The number of fused-ring (bicyclic) bond motifs is 1. The summed E-state index contributed by atoms with van der Waals surface area (Å²) in [5, 5.41) is 1.11. The summed E-state index contributed by atoms with van der Waals surface area (Å²) in [7, 11) is 0. The Bertz CT molecular complexity index is 644. The van der Waals surface area contributed by atoms with Gasteiger partial charge in [0.05, 0.1) is 5.52 Å². The first-order valence-corrected chi connectivity index (χ1v) is 6.21. The van der Waals surface area contributed by atoms with Crippen LogP contribution in [-0.4, -0.2) is 3.97 Å². The molecule has 0 spiro atoms. The summed E-state index contributed by atoms with van der Waals surface area (Å²) in [5.74, 6) is 0. The molecule has 0 saturated carbocycles. The van der Waals surface area contributed by atoms with E-state index >= 15 is 0 Å². The predicted molar refractivity (Wildman–Crippen MR) is 74.0 cm³/mol. The minimum atomic E-state index is 0.829. The maximum Gasteiger partial charge on any atom is 0.0615 e. The Kier molecular flexibility index (Phi) is 2.53. The number of anilines is 1. The van der Waals surface area contributed by atoms with Crippen LogP contribution in [0.2, 0.25) is 0 Å². The molecule has 0 atom stereocenters. The molecule has 0 aliphatic rings. The number of rotatable bonds is 2. The van der Waals surface area contributed by atoms with Crippen molar-refractivity contribution < 1.29 is 0 Å². The molecule has 0 amide bonds. The number of hydrogen-bond acceptors (Lipinski definition) is 2. The average molecular weight is 240 g/mol. The fourth-order valence-corrected chi connectivity index (χ4v) is 2.73. The number of nitrogens with two attached hydrogens (primary N) is 1. The molecule has 0 unspecified atom stereocenters. The van der Waals surface area contributed by atoms with Crippen molar-refractivity contribution in [1.29, 1.82) is 0 Å². The van der Waals surface area contributed by atoms with Gasteiger partial charge in [0.25, 0.3) is 0 Å². The molecule has 0 aliphatic heterocycles. The first kappa shape index (κ1) is 10.3. The molecule has 0 radical (unpaired) electrons. The van der Waals surface area contributed by atoms with Gasteiger partial charge in [-0.1, -0.05) is 24.3 Å². The lowest BCUT2D eigenvalue weighted by molar-refractivity contribution is 1.32. The second-order valence-electron chi connectivity index (χ2n) is 3.83. The van der Waals surface area contributed by atoms with Crippen LogP contribution in [0.4, 0.5) is 5.69 Å². The van der Waals surface area contributed by atoms with Crippen LogP contribution >= 0.6 is 11.9 Å². The zero-order valence-electron chi connectivity index (χ0n) is 9.21. The summed E-state index contributed by atoms with van der Waals surface area (Å²) in [6.07, 6.45) is 2.05. The molecule has 17 heavy (non-hydrogen) atoms. The number of hydrogen-bond donors (Lipinski definition) is 1. The van der Waals surface area contributed by atoms with E-state index in [0.717, 1.165) is 16.6 Å². The van der Waals surface area contributed by atoms with E-state index in [0.29, 0.717) is 0 Å². The van der Waals surface area contributed by atoms with Gasteiger partial charge in [0, 0.05) is 22.2 Å². The largest absolute Gasteiger partial charge is 0.398 e. The van der Waals surface area contributed by atoms with E-state index in [1.165, 1.54) is 4.90 Å². The molecule has 1 aromatic heterocycles. The van der Waals surface area contributed by atoms with Crippen LogP contribution in [0.1, 0.15) is 0 Å². The van der Waals surface area contributed by atoms with Gasteiger partial charge in [-0.25, -0.2) is 0 Å². The lowest BCUT2D eigenvalue weighted by Gasteiger charge is -2.04. The Morgan fingerprint density at radius 3 is 2.53 bits per heavy atom. The standard InChI is InChI=1S/C14H12N2S/c15-13-7-4-8-14-12(13)9-10-16(14)17-11-5-2-1-3-6-11/h1-10H,15H2. The lowest BCUT2D eigenvalue weighted by atomic mass is 10.2. The van der Waals surface area contributed by atoms with Crippen molar-refractivity contribution in [2.75, 3.05) is 5.73 Å². The van der Waals surface area contributed by atoms with E-state index in [2.05, 4.69) is 34.4 Å². The van der Waals surface area contributed by atoms with Gasteiger partial charge in [-0.05, 0) is 42.3 Å². The van der Waals surface area contributed by atoms with Crippen molar-refractivity contribution in [2.45, 2.75) is 4.90 Å². The van der Waals surface area contributed by atoms with Crippen LogP contribution in [0.3, 0.4) is 0 Å². The highest BCUT2D eigenvalue weighted by Crippen LogP contribution is 2.28. The van der Waals surface area contributed by atoms with Gasteiger partial charge in [-0.3, -0.25) is 3.97 Å². The van der Waals surface area contributed by atoms with Gasteiger partial charge in [-0.15, -0.1) is 0 Å². The summed E-state index contributed by atoms with van der Waals surface area (Å²) in [6.45, 7) is 0. The maximum atomic E-state index is 5.94. The van der Waals surface area contributed by atoms with Crippen LogP contribution in [0.15, 0.2) is 65.7 Å². The minimum absolute atomic E-state index is 0.829. The van der Waals surface area contributed by atoms with Gasteiger partial charge < -0.3 is 5.73 Å². The smallest absolute Gasteiger partial charge is 0.0615 e. The Morgan fingerprint density at radius 1 is 0.882 bits per heavy atom. The summed E-state index contributed by atoms with van der Waals surface area (Å²) < 4.78 is 2.14. The summed E-state index contributed by atoms with van der Waals surface area (Å²) >= 11 is 1.69. The highest BCUT2D eigenvalue weighted by Gasteiger charge is 2.04. The van der Waals surface area contributed by atoms with Crippen LogP contribution < -0.4 is 5.73 Å². The molecule has 0 aliphatic carbocycles. The Hall–Kier alpha value is -1.87. The van der Waals surface area contributed by atoms with E-state index in [-0.39, 0.29) is 0 Å². The van der Waals surface area contributed by atoms with Crippen molar-refractivity contribution in [3.63, 3.8) is 0 Å². The number of aromatic nitrogens is 1.